The van der Waals surface area contributed by atoms with Crippen molar-refractivity contribution in [3.05, 3.63) is 29.3 Å². The zero-order valence-corrected chi connectivity index (χ0v) is 9.18. The Hall–Kier alpha value is -1.48. The summed E-state index contributed by atoms with van der Waals surface area (Å²) in [5.41, 5.74) is -3.45. The monoisotopic (exact) mass is 289 g/mol. The number of aliphatic hydroxyl groups excluding tert-OH is 1. The first-order chi connectivity index (χ1) is 8.50. The lowest BCUT2D eigenvalue weighted by atomic mass is 10.1. The number of anilines is 1. The van der Waals surface area contributed by atoms with Crippen LogP contribution in [0.3, 0.4) is 0 Å². The van der Waals surface area contributed by atoms with E-state index in [2.05, 4.69) is 5.32 Å². The molecule has 0 unspecified atom stereocenters. The minimum Gasteiger partial charge on any atom is -0.380 e. The summed E-state index contributed by atoms with van der Waals surface area (Å²) in [6, 6.07) is 0.899. The van der Waals surface area contributed by atoms with Gasteiger partial charge in [-0.2, -0.15) is 26.3 Å². The third kappa shape index (κ3) is 4.60. The van der Waals surface area contributed by atoms with Crippen LogP contribution in [0.4, 0.5) is 32.0 Å². The van der Waals surface area contributed by atoms with Gasteiger partial charge in [0.2, 0.25) is 0 Å². The minimum absolute atomic E-state index is 0.0133. The van der Waals surface area contributed by atoms with Gasteiger partial charge in [0.15, 0.2) is 6.29 Å². The Balaban J connectivity index is 3.17. The summed E-state index contributed by atoms with van der Waals surface area (Å²) in [7, 11) is 0. The van der Waals surface area contributed by atoms with Gasteiger partial charge in [0.1, 0.15) is 0 Å². The Morgan fingerprint density at radius 2 is 1.32 bits per heavy atom. The lowest BCUT2D eigenvalue weighted by Gasteiger charge is -2.15. The summed E-state index contributed by atoms with van der Waals surface area (Å²) in [4.78, 5) is 0. The van der Waals surface area contributed by atoms with Crippen molar-refractivity contribution in [2.75, 3.05) is 11.9 Å². The van der Waals surface area contributed by atoms with E-state index in [1.54, 1.807) is 0 Å². The molecular weight excluding hydrogens is 280 g/mol. The van der Waals surface area contributed by atoms with Crippen LogP contribution in [0.25, 0.3) is 0 Å². The molecule has 0 spiro atoms. The van der Waals surface area contributed by atoms with Crippen LogP contribution >= 0.6 is 0 Å². The van der Waals surface area contributed by atoms with Crippen LogP contribution in [0.1, 0.15) is 11.1 Å². The van der Waals surface area contributed by atoms with E-state index >= 15 is 0 Å². The van der Waals surface area contributed by atoms with Crippen LogP contribution in [0, 0.1) is 0 Å². The van der Waals surface area contributed by atoms with E-state index in [0.717, 1.165) is 0 Å². The average Bonchev–Trinajstić information content (AvgIpc) is 2.23. The molecule has 0 aliphatic carbocycles. The number of alkyl halides is 6. The fourth-order valence-corrected chi connectivity index (χ4v) is 1.27. The topological polar surface area (TPSA) is 52.5 Å². The maximum atomic E-state index is 12.4. The maximum absolute atomic E-state index is 12.4. The molecule has 0 radical (unpaired) electrons. The van der Waals surface area contributed by atoms with E-state index in [4.69, 9.17) is 10.2 Å². The molecule has 0 heterocycles. The Labute approximate surface area is 103 Å². The molecule has 0 aromatic heterocycles. The Morgan fingerprint density at radius 1 is 0.895 bits per heavy atom. The molecule has 0 fully saturated rings. The molecule has 0 saturated carbocycles. The SMILES string of the molecule is OC(O)CNc1cc(C(F)(F)F)cc(C(F)(F)F)c1. The minimum atomic E-state index is -4.93. The predicted octanol–water partition coefficient (Wildman–Crippen LogP) is 2.45. The molecule has 3 N–H and O–H groups in total. The summed E-state index contributed by atoms with van der Waals surface area (Å²) >= 11 is 0. The predicted molar refractivity (Wildman–Crippen MR) is 53.2 cm³/mol. The lowest BCUT2D eigenvalue weighted by Crippen LogP contribution is -2.19. The first-order valence-corrected chi connectivity index (χ1v) is 4.89. The van der Waals surface area contributed by atoms with E-state index in [0.29, 0.717) is 12.1 Å². The first-order valence-electron chi connectivity index (χ1n) is 4.89. The van der Waals surface area contributed by atoms with E-state index in [9.17, 15) is 26.3 Å². The number of rotatable bonds is 3. The molecule has 1 aromatic rings. The summed E-state index contributed by atoms with van der Waals surface area (Å²) in [5.74, 6) is 0. The summed E-state index contributed by atoms with van der Waals surface area (Å²) in [6.45, 7) is -0.599. The van der Waals surface area contributed by atoms with Gasteiger partial charge in [0.25, 0.3) is 0 Å². The van der Waals surface area contributed by atoms with Crippen molar-refractivity contribution in [1.82, 2.24) is 0 Å². The second-order valence-corrected chi connectivity index (χ2v) is 3.66. The second kappa shape index (κ2) is 5.25. The Bertz CT molecular complexity index is 408. The van der Waals surface area contributed by atoms with Crippen molar-refractivity contribution in [3.63, 3.8) is 0 Å². The fraction of sp³-hybridized carbons (Fsp3) is 0.400. The maximum Gasteiger partial charge on any atom is 0.416 e. The van der Waals surface area contributed by atoms with Crippen molar-refractivity contribution in [2.24, 2.45) is 0 Å². The molecule has 108 valence electrons. The van der Waals surface area contributed by atoms with Crippen molar-refractivity contribution < 1.29 is 36.6 Å². The van der Waals surface area contributed by atoms with Crippen molar-refractivity contribution in [2.45, 2.75) is 18.6 Å². The molecule has 9 heteroatoms. The van der Waals surface area contributed by atoms with Crippen LogP contribution in [0.2, 0.25) is 0 Å². The van der Waals surface area contributed by atoms with Gasteiger partial charge in [-0.05, 0) is 18.2 Å². The van der Waals surface area contributed by atoms with Gasteiger partial charge >= 0.3 is 12.4 Å². The largest absolute Gasteiger partial charge is 0.416 e. The van der Waals surface area contributed by atoms with Gasteiger partial charge in [-0.3, -0.25) is 0 Å². The van der Waals surface area contributed by atoms with Crippen LogP contribution in [-0.4, -0.2) is 23.0 Å². The van der Waals surface area contributed by atoms with Crippen LogP contribution in [0.15, 0.2) is 18.2 Å². The van der Waals surface area contributed by atoms with E-state index in [1.807, 2.05) is 0 Å². The highest BCUT2D eigenvalue weighted by Crippen LogP contribution is 2.37. The molecule has 0 saturated heterocycles. The number of aliphatic hydroxyl groups is 2. The molecule has 1 aromatic carbocycles. The highest BCUT2D eigenvalue weighted by molar-refractivity contribution is 5.50. The lowest BCUT2D eigenvalue weighted by molar-refractivity contribution is -0.143. The standard InChI is InChI=1S/C10H9F6NO2/c11-9(12,13)5-1-6(10(14,15)16)3-7(2-5)17-4-8(18)19/h1-3,8,17-19H,4H2. The van der Waals surface area contributed by atoms with Crippen molar-refractivity contribution >= 4 is 5.69 Å². The van der Waals surface area contributed by atoms with Crippen molar-refractivity contribution in [1.29, 1.82) is 0 Å². The number of nitrogens with one attached hydrogen (secondary N) is 1. The highest BCUT2D eigenvalue weighted by Gasteiger charge is 2.36. The molecule has 1 rings (SSSR count). The summed E-state index contributed by atoms with van der Waals surface area (Å²) < 4.78 is 74.6. The van der Waals surface area contributed by atoms with Gasteiger partial charge in [-0.15, -0.1) is 0 Å². The molecule has 0 aliphatic heterocycles. The molecule has 0 bridgehead atoms. The summed E-state index contributed by atoms with van der Waals surface area (Å²) in [6.07, 6.45) is -11.8. The molecule has 0 aliphatic rings. The van der Waals surface area contributed by atoms with Gasteiger partial charge in [0.05, 0.1) is 17.7 Å². The zero-order chi connectivity index (χ0) is 14.8. The van der Waals surface area contributed by atoms with Crippen molar-refractivity contribution in [3.8, 4) is 0 Å². The number of benzene rings is 1. The van der Waals surface area contributed by atoms with Crippen LogP contribution < -0.4 is 5.32 Å². The van der Waals surface area contributed by atoms with Crippen LogP contribution in [0.5, 0.6) is 0 Å². The zero-order valence-electron chi connectivity index (χ0n) is 9.18. The number of hydrogen-bond donors (Lipinski definition) is 3. The third-order valence-corrected chi connectivity index (χ3v) is 2.08. The fourth-order valence-electron chi connectivity index (χ4n) is 1.27. The number of hydrogen-bond acceptors (Lipinski definition) is 3. The molecule has 0 atom stereocenters. The molecular formula is C10H9F6NO2. The van der Waals surface area contributed by atoms with Gasteiger partial charge in [-0.25, -0.2) is 0 Å². The first kappa shape index (κ1) is 15.6. The normalized spacial score (nSPS) is 12.9. The van der Waals surface area contributed by atoms with Gasteiger partial charge < -0.3 is 15.5 Å². The van der Waals surface area contributed by atoms with Crippen LogP contribution in [-0.2, 0) is 12.4 Å². The van der Waals surface area contributed by atoms with Gasteiger partial charge in [0, 0.05) is 5.69 Å². The molecule has 3 nitrogen and oxygen atoms in total. The van der Waals surface area contributed by atoms with E-state index in [1.165, 1.54) is 0 Å². The van der Waals surface area contributed by atoms with Gasteiger partial charge in [-0.1, -0.05) is 0 Å². The summed E-state index contributed by atoms with van der Waals surface area (Å²) in [5, 5.41) is 19.1. The third-order valence-electron chi connectivity index (χ3n) is 2.08. The van der Waals surface area contributed by atoms with E-state index in [-0.39, 0.29) is 6.07 Å². The molecule has 0 amide bonds. The highest BCUT2D eigenvalue weighted by atomic mass is 19.4. The number of halogens is 6. The second-order valence-electron chi connectivity index (χ2n) is 3.66. The Morgan fingerprint density at radius 3 is 1.63 bits per heavy atom. The van der Waals surface area contributed by atoms with E-state index < -0.39 is 42.0 Å². The molecule has 19 heavy (non-hydrogen) atoms. The quantitative estimate of drug-likeness (QED) is 0.592. The average molecular weight is 289 g/mol. The smallest absolute Gasteiger partial charge is 0.380 e. The Kier molecular flexibility index (Phi) is 4.31.